The highest BCUT2D eigenvalue weighted by Crippen LogP contribution is 2.48. The van der Waals surface area contributed by atoms with Crippen LogP contribution in [0.1, 0.15) is 37.2 Å². The van der Waals surface area contributed by atoms with Crippen molar-refractivity contribution in [2.24, 2.45) is 11.3 Å². The molecule has 1 saturated heterocycles. The second-order valence-corrected chi connectivity index (χ2v) is 7.80. The number of hydrogen-bond acceptors (Lipinski definition) is 3. The van der Waals surface area contributed by atoms with Gasteiger partial charge in [0, 0.05) is 31.6 Å². The summed E-state index contributed by atoms with van der Waals surface area (Å²) in [5.41, 5.74) is 1.87. The van der Waals surface area contributed by atoms with Crippen LogP contribution in [0.15, 0.2) is 30.3 Å². The van der Waals surface area contributed by atoms with Gasteiger partial charge in [0.05, 0.1) is 5.92 Å². The Morgan fingerprint density at radius 2 is 2.09 bits per heavy atom. The molecular formula is C19H26N2O2. The predicted molar refractivity (Wildman–Crippen MR) is 89.4 cm³/mol. The maximum Gasteiger partial charge on any atom is 0.307 e. The molecule has 2 saturated carbocycles. The Balaban J connectivity index is 1.23. The molecular weight excluding hydrogens is 288 g/mol. The van der Waals surface area contributed by atoms with E-state index in [4.69, 9.17) is 5.11 Å². The zero-order valence-electron chi connectivity index (χ0n) is 13.6. The number of carboxylic acids is 1. The van der Waals surface area contributed by atoms with E-state index in [1.165, 1.54) is 24.8 Å². The third-order valence-electron chi connectivity index (χ3n) is 5.90. The van der Waals surface area contributed by atoms with E-state index in [1.54, 1.807) is 0 Å². The van der Waals surface area contributed by atoms with Crippen LogP contribution < -0.4 is 5.32 Å². The lowest BCUT2D eigenvalue weighted by Gasteiger charge is -2.23. The lowest BCUT2D eigenvalue weighted by Crippen LogP contribution is -2.36. The van der Waals surface area contributed by atoms with Crippen LogP contribution in [0.5, 0.6) is 0 Å². The predicted octanol–water partition coefficient (Wildman–Crippen LogP) is 2.32. The monoisotopic (exact) mass is 314 g/mol. The topological polar surface area (TPSA) is 52.6 Å². The molecule has 4 rings (SSSR count). The van der Waals surface area contributed by atoms with Gasteiger partial charge < -0.3 is 15.3 Å². The molecule has 23 heavy (non-hydrogen) atoms. The van der Waals surface area contributed by atoms with Gasteiger partial charge in [-0.15, -0.1) is 0 Å². The average Bonchev–Trinajstić information content (AvgIpc) is 3.44. The maximum atomic E-state index is 11.1. The van der Waals surface area contributed by atoms with Crippen LogP contribution in [0.2, 0.25) is 0 Å². The van der Waals surface area contributed by atoms with Crippen molar-refractivity contribution >= 4 is 5.97 Å². The van der Waals surface area contributed by atoms with Gasteiger partial charge >= 0.3 is 5.97 Å². The van der Waals surface area contributed by atoms with E-state index in [-0.39, 0.29) is 5.92 Å². The van der Waals surface area contributed by atoms with E-state index in [2.05, 4.69) is 40.5 Å². The smallest absolute Gasteiger partial charge is 0.307 e. The minimum atomic E-state index is -0.626. The first kappa shape index (κ1) is 15.2. The van der Waals surface area contributed by atoms with E-state index < -0.39 is 5.97 Å². The van der Waals surface area contributed by atoms with Crippen LogP contribution in [-0.2, 0) is 4.79 Å². The van der Waals surface area contributed by atoms with Crippen molar-refractivity contribution in [2.45, 2.75) is 37.6 Å². The van der Waals surface area contributed by atoms with Crippen LogP contribution >= 0.6 is 0 Å². The van der Waals surface area contributed by atoms with E-state index >= 15 is 0 Å². The zero-order chi connectivity index (χ0) is 15.9. The number of benzene rings is 1. The van der Waals surface area contributed by atoms with Crippen LogP contribution in [0.25, 0.3) is 0 Å². The molecule has 1 aliphatic heterocycles. The number of aliphatic carboxylic acids is 1. The molecule has 0 radical (unpaired) electrons. The molecule has 1 aromatic carbocycles. The van der Waals surface area contributed by atoms with Gasteiger partial charge in [0.25, 0.3) is 0 Å². The SMILES string of the molecule is O=C(O)[C@H]1CCN(CC2(CN[C@H]3CC3c3ccccc3)CC2)C1. The van der Waals surface area contributed by atoms with Gasteiger partial charge in [-0.1, -0.05) is 30.3 Å². The molecule has 124 valence electrons. The zero-order valence-corrected chi connectivity index (χ0v) is 13.6. The number of nitrogens with one attached hydrogen (secondary N) is 1. The summed E-state index contributed by atoms with van der Waals surface area (Å²) in [6, 6.07) is 11.4. The van der Waals surface area contributed by atoms with Crippen molar-refractivity contribution in [1.29, 1.82) is 0 Å². The van der Waals surface area contributed by atoms with Crippen molar-refractivity contribution in [3.63, 3.8) is 0 Å². The number of carboxylic acid groups (broad SMARTS) is 1. The highest BCUT2D eigenvalue weighted by Gasteiger charge is 2.47. The normalized spacial score (nSPS) is 31.9. The van der Waals surface area contributed by atoms with Gasteiger partial charge in [0.15, 0.2) is 0 Å². The molecule has 0 spiro atoms. The van der Waals surface area contributed by atoms with Gasteiger partial charge in [-0.05, 0) is 43.2 Å². The van der Waals surface area contributed by atoms with E-state index in [0.29, 0.717) is 17.4 Å². The van der Waals surface area contributed by atoms with Gasteiger partial charge in [0.2, 0.25) is 0 Å². The number of hydrogen-bond donors (Lipinski definition) is 2. The van der Waals surface area contributed by atoms with Crippen molar-refractivity contribution in [1.82, 2.24) is 10.2 Å². The molecule has 1 unspecified atom stereocenters. The Bertz CT molecular complexity index is 570. The first-order valence-electron chi connectivity index (χ1n) is 8.89. The fourth-order valence-corrected chi connectivity index (χ4v) is 4.06. The third-order valence-corrected chi connectivity index (χ3v) is 5.90. The van der Waals surface area contributed by atoms with E-state index in [1.807, 2.05) is 0 Å². The van der Waals surface area contributed by atoms with Crippen molar-refractivity contribution in [2.75, 3.05) is 26.2 Å². The van der Waals surface area contributed by atoms with Gasteiger partial charge in [-0.25, -0.2) is 0 Å². The molecule has 0 bridgehead atoms. The van der Waals surface area contributed by atoms with E-state index in [9.17, 15) is 4.79 Å². The molecule has 0 aromatic heterocycles. The molecule has 0 amide bonds. The number of rotatable bonds is 7. The molecule has 2 N–H and O–H groups in total. The summed E-state index contributed by atoms with van der Waals surface area (Å²) in [6.45, 7) is 3.86. The summed E-state index contributed by atoms with van der Waals surface area (Å²) in [4.78, 5) is 13.5. The Hall–Kier alpha value is -1.39. The Kier molecular flexibility index (Phi) is 3.90. The third kappa shape index (κ3) is 3.43. The minimum Gasteiger partial charge on any atom is -0.481 e. The molecule has 3 fully saturated rings. The summed E-state index contributed by atoms with van der Waals surface area (Å²) in [5.74, 6) is -0.0843. The number of carbonyl (C=O) groups is 1. The average molecular weight is 314 g/mol. The van der Waals surface area contributed by atoms with E-state index in [0.717, 1.165) is 32.6 Å². The molecule has 2 aliphatic carbocycles. The van der Waals surface area contributed by atoms with Crippen LogP contribution in [-0.4, -0.2) is 48.2 Å². The van der Waals surface area contributed by atoms with Crippen LogP contribution in [0.4, 0.5) is 0 Å². The molecule has 4 nitrogen and oxygen atoms in total. The molecule has 3 atom stereocenters. The van der Waals surface area contributed by atoms with Crippen LogP contribution in [0.3, 0.4) is 0 Å². The van der Waals surface area contributed by atoms with Crippen molar-refractivity contribution in [3.05, 3.63) is 35.9 Å². The fourth-order valence-electron chi connectivity index (χ4n) is 4.06. The van der Waals surface area contributed by atoms with Gasteiger partial charge in [0.1, 0.15) is 0 Å². The molecule has 1 heterocycles. The maximum absolute atomic E-state index is 11.1. The molecule has 3 aliphatic rings. The Labute approximate surface area is 137 Å². The molecule has 4 heteroatoms. The molecule has 1 aromatic rings. The standard InChI is InChI=1S/C19H26N2O2/c22-18(23)15-6-9-21(11-15)13-19(7-8-19)12-20-17-10-16(17)14-4-2-1-3-5-14/h1-5,15-17,20H,6-13H2,(H,22,23)/t15-,16?,17-/m0/s1. The van der Waals surface area contributed by atoms with Gasteiger partial charge in [-0.2, -0.15) is 0 Å². The summed E-state index contributed by atoms with van der Waals surface area (Å²) in [5, 5.41) is 12.9. The first-order chi connectivity index (χ1) is 11.2. The largest absolute Gasteiger partial charge is 0.481 e. The van der Waals surface area contributed by atoms with Gasteiger partial charge in [-0.3, -0.25) is 4.79 Å². The Morgan fingerprint density at radius 1 is 1.30 bits per heavy atom. The summed E-state index contributed by atoms with van der Waals surface area (Å²) in [7, 11) is 0. The summed E-state index contributed by atoms with van der Waals surface area (Å²) < 4.78 is 0. The first-order valence-corrected chi connectivity index (χ1v) is 8.89. The number of nitrogens with zero attached hydrogens (tertiary/aromatic N) is 1. The number of likely N-dealkylation sites (tertiary alicyclic amines) is 1. The second-order valence-electron chi connectivity index (χ2n) is 7.80. The van der Waals surface area contributed by atoms with Crippen molar-refractivity contribution in [3.8, 4) is 0 Å². The quantitative estimate of drug-likeness (QED) is 0.811. The summed E-state index contributed by atoms with van der Waals surface area (Å²) in [6.07, 6.45) is 4.65. The lowest BCUT2D eigenvalue weighted by molar-refractivity contribution is -0.141. The lowest BCUT2D eigenvalue weighted by atomic mass is 10.1. The Morgan fingerprint density at radius 3 is 2.74 bits per heavy atom. The highest BCUT2D eigenvalue weighted by molar-refractivity contribution is 5.70. The highest BCUT2D eigenvalue weighted by atomic mass is 16.4. The van der Waals surface area contributed by atoms with Crippen molar-refractivity contribution < 1.29 is 9.90 Å². The minimum absolute atomic E-state index is 0.148. The van der Waals surface area contributed by atoms with Crippen LogP contribution in [0, 0.1) is 11.3 Å². The second kappa shape index (κ2) is 5.91. The fraction of sp³-hybridized carbons (Fsp3) is 0.632. The summed E-state index contributed by atoms with van der Waals surface area (Å²) >= 11 is 0.